The van der Waals surface area contributed by atoms with Crippen LogP contribution in [0.4, 0.5) is 0 Å². The van der Waals surface area contributed by atoms with E-state index in [2.05, 4.69) is 59.4 Å². The van der Waals surface area contributed by atoms with Crippen LogP contribution in [0.15, 0.2) is 23.9 Å². The van der Waals surface area contributed by atoms with Crippen LogP contribution in [-0.4, -0.2) is 39.3 Å². The van der Waals surface area contributed by atoms with Crippen LogP contribution in [0.1, 0.15) is 123 Å². The van der Waals surface area contributed by atoms with Gasteiger partial charge in [-0.3, -0.25) is 10.6 Å². The Morgan fingerprint density at radius 2 is 1.74 bits per heavy atom. The summed E-state index contributed by atoms with van der Waals surface area (Å²) >= 11 is 2.52. The standard InChI is InChI=1S/C38H59N3S/c1-23-13-12-21-30-31(23)33-26-17-7-6-16-25(26)32-27-18-8-9-20-29(27)41(35(32)36(33)42-30)37-39-34(24-14-4-3-5-15-24)28-19-10-11-22-38(28,2)40-37/h7,17,20,23-28,30-37,39-40H,3-6,8-16,18-19,21-22H2,1-2H3. The van der Waals surface area contributed by atoms with Crippen LogP contribution in [0, 0.1) is 53.3 Å². The summed E-state index contributed by atoms with van der Waals surface area (Å²) in [5.41, 5.74) is 2.08. The number of hydrogen-bond acceptors (Lipinski definition) is 4. The van der Waals surface area contributed by atoms with Gasteiger partial charge in [0.05, 0.1) is 0 Å². The fourth-order valence-corrected chi connectivity index (χ4v) is 15.9. The molecule has 42 heavy (non-hydrogen) atoms. The largest absolute Gasteiger partial charge is 0.343 e. The highest BCUT2D eigenvalue weighted by Crippen LogP contribution is 2.67. The fraction of sp³-hybridized carbons (Fsp3) is 0.895. The molecule has 14 unspecified atom stereocenters. The Hall–Kier alpha value is -0.450. The van der Waals surface area contributed by atoms with E-state index in [0.29, 0.717) is 12.3 Å². The third-order valence-electron chi connectivity index (χ3n) is 15.1. The number of allylic oxidation sites excluding steroid dienone is 4. The van der Waals surface area contributed by atoms with Crippen LogP contribution < -0.4 is 10.6 Å². The highest BCUT2D eigenvalue weighted by molar-refractivity contribution is 8.00. The summed E-state index contributed by atoms with van der Waals surface area (Å²) < 4.78 is 0. The van der Waals surface area contributed by atoms with E-state index >= 15 is 0 Å². The van der Waals surface area contributed by atoms with Gasteiger partial charge in [-0.1, -0.05) is 70.1 Å². The highest BCUT2D eigenvalue weighted by Gasteiger charge is 2.66. The molecule has 9 rings (SSSR count). The molecule has 2 N–H and O–H groups in total. The van der Waals surface area contributed by atoms with Crippen LogP contribution in [-0.2, 0) is 0 Å². The minimum atomic E-state index is 0.286. The second-order valence-corrected chi connectivity index (χ2v) is 18.4. The first kappa shape index (κ1) is 27.8. The molecule has 6 aliphatic carbocycles. The van der Waals surface area contributed by atoms with Gasteiger partial charge in [0.2, 0.25) is 0 Å². The summed E-state index contributed by atoms with van der Waals surface area (Å²) in [6.07, 6.45) is 32.8. The van der Waals surface area contributed by atoms with Crippen molar-refractivity contribution in [2.24, 2.45) is 53.3 Å². The lowest BCUT2D eigenvalue weighted by atomic mass is 9.54. The van der Waals surface area contributed by atoms with Crippen molar-refractivity contribution >= 4 is 11.8 Å². The topological polar surface area (TPSA) is 27.3 Å². The van der Waals surface area contributed by atoms with Crippen LogP contribution in [0.2, 0.25) is 0 Å². The molecule has 3 aliphatic heterocycles. The average molecular weight is 590 g/mol. The van der Waals surface area contributed by atoms with Crippen LogP contribution in [0.3, 0.4) is 0 Å². The molecule has 0 bridgehead atoms. The number of nitrogens with one attached hydrogen (secondary N) is 2. The first-order chi connectivity index (χ1) is 20.6. The molecule has 3 nitrogen and oxygen atoms in total. The Kier molecular flexibility index (Phi) is 7.17. The predicted octanol–water partition coefficient (Wildman–Crippen LogP) is 8.48. The number of likely N-dealkylation sites (tertiary alicyclic amines) is 1. The molecule has 0 aromatic carbocycles. The van der Waals surface area contributed by atoms with E-state index in [4.69, 9.17) is 0 Å². The van der Waals surface area contributed by atoms with Crippen LogP contribution in [0.25, 0.3) is 0 Å². The molecular formula is C38H59N3S. The third kappa shape index (κ3) is 4.18. The Morgan fingerprint density at radius 3 is 2.64 bits per heavy atom. The van der Waals surface area contributed by atoms with Crippen molar-refractivity contribution in [3.8, 4) is 0 Å². The summed E-state index contributed by atoms with van der Waals surface area (Å²) in [5.74, 6) is 7.87. The monoisotopic (exact) mass is 589 g/mol. The number of thioether (sulfide) groups is 1. The van der Waals surface area contributed by atoms with Crippen molar-refractivity contribution in [2.75, 3.05) is 0 Å². The van der Waals surface area contributed by atoms with Gasteiger partial charge in [-0.2, -0.15) is 11.8 Å². The first-order valence-electron chi connectivity index (χ1n) is 19.0. The smallest absolute Gasteiger partial charge is 0.135 e. The van der Waals surface area contributed by atoms with E-state index in [1.54, 1.807) is 5.70 Å². The molecule has 0 amide bonds. The van der Waals surface area contributed by atoms with Crippen LogP contribution in [0.5, 0.6) is 0 Å². The second-order valence-electron chi connectivity index (χ2n) is 17.0. The zero-order valence-corrected chi connectivity index (χ0v) is 27.5. The summed E-state index contributed by atoms with van der Waals surface area (Å²) in [5, 5.41) is 10.7. The van der Waals surface area contributed by atoms with Gasteiger partial charge in [-0.25, -0.2) is 0 Å². The summed E-state index contributed by atoms with van der Waals surface area (Å²) in [6, 6.07) is 1.42. The summed E-state index contributed by atoms with van der Waals surface area (Å²) in [7, 11) is 0. The van der Waals surface area contributed by atoms with Gasteiger partial charge in [-0.15, -0.1) is 0 Å². The normalized spacial score (nSPS) is 53.7. The van der Waals surface area contributed by atoms with Crippen molar-refractivity contribution in [1.82, 2.24) is 15.5 Å². The van der Waals surface area contributed by atoms with Crippen molar-refractivity contribution < 1.29 is 0 Å². The van der Waals surface area contributed by atoms with E-state index < -0.39 is 0 Å². The van der Waals surface area contributed by atoms with Gasteiger partial charge in [-0.05, 0) is 118 Å². The maximum absolute atomic E-state index is 4.53. The molecule has 9 aliphatic rings. The van der Waals surface area contributed by atoms with Gasteiger partial charge >= 0.3 is 0 Å². The van der Waals surface area contributed by atoms with E-state index in [9.17, 15) is 0 Å². The minimum absolute atomic E-state index is 0.286. The minimum Gasteiger partial charge on any atom is -0.343 e. The summed E-state index contributed by atoms with van der Waals surface area (Å²) in [4.78, 5) is 3.13. The number of hydrogen-bond donors (Lipinski definition) is 2. The lowest BCUT2D eigenvalue weighted by Gasteiger charge is -2.59. The van der Waals surface area contributed by atoms with Gasteiger partial charge in [0.15, 0.2) is 0 Å². The number of fused-ring (bicyclic) bond motifs is 11. The van der Waals surface area contributed by atoms with Gasteiger partial charge in [0.25, 0.3) is 0 Å². The SMILES string of the molecule is CC1CCCC2SC3C(C4C=CCCC4C4C5CCCC=C5N(C5NC(C6CCCCC6)C6CCCCC6(C)N5)C34)C12. The average Bonchev–Trinajstić information content (AvgIpc) is 3.58. The Labute approximate surface area is 261 Å². The molecule has 7 fully saturated rings. The Balaban J connectivity index is 1.13. The van der Waals surface area contributed by atoms with Gasteiger partial charge in [0.1, 0.15) is 6.29 Å². The molecule has 4 saturated carbocycles. The molecule has 4 heteroatoms. The van der Waals surface area contributed by atoms with Crippen LogP contribution >= 0.6 is 11.8 Å². The summed E-state index contributed by atoms with van der Waals surface area (Å²) in [6.45, 7) is 5.30. The molecule has 0 radical (unpaired) electrons. The van der Waals surface area contributed by atoms with Gasteiger partial charge < -0.3 is 4.90 Å². The molecule has 3 heterocycles. The highest BCUT2D eigenvalue weighted by atomic mass is 32.2. The predicted molar refractivity (Wildman–Crippen MR) is 176 cm³/mol. The Morgan fingerprint density at radius 1 is 0.857 bits per heavy atom. The maximum Gasteiger partial charge on any atom is 0.135 e. The zero-order valence-electron chi connectivity index (χ0n) is 26.7. The maximum atomic E-state index is 4.53. The zero-order chi connectivity index (χ0) is 28.0. The first-order valence-corrected chi connectivity index (χ1v) is 19.9. The van der Waals surface area contributed by atoms with E-state index in [1.165, 1.54) is 109 Å². The molecule has 0 spiro atoms. The van der Waals surface area contributed by atoms with Crippen molar-refractivity contribution in [1.29, 1.82) is 0 Å². The molecular weight excluding hydrogens is 531 g/mol. The molecule has 14 atom stereocenters. The van der Waals surface area contributed by atoms with Crippen molar-refractivity contribution in [2.45, 2.75) is 157 Å². The molecule has 3 saturated heterocycles. The quantitative estimate of drug-likeness (QED) is 0.316. The third-order valence-corrected chi connectivity index (χ3v) is 16.9. The molecule has 232 valence electrons. The molecule has 0 aromatic rings. The second kappa shape index (κ2) is 10.8. The Bertz CT molecular complexity index is 1080. The van der Waals surface area contributed by atoms with Crippen molar-refractivity contribution in [3.05, 3.63) is 23.9 Å². The lowest BCUT2D eigenvalue weighted by molar-refractivity contribution is -0.0514. The number of rotatable bonds is 2. The van der Waals surface area contributed by atoms with Crippen molar-refractivity contribution in [3.63, 3.8) is 0 Å². The lowest BCUT2D eigenvalue weighted by Crippen LogP contribution is -2.76. The van der Waals surface area contributed by atoms with E-state index in [1.807, 2.05) is 0 Å². The van der Waals surface area contributed by atoms with E-state index in [-0.39, 0.29) is 5.54 Å². The fourth-order valence-electron chi connectivity index (χ4n) is 13.5. The molecule has 0 aromatic heterocycles. The van der Waals surface area contributed by atoms with E-state index in [0.717, 1.165) is 69.8 Å². The van der Waals surface area contributed by atoms with Gasteiger partial charge in [0, 0.05) is 39.7 Å². The number of nitrogens with zero attached hydrogens (tertiary/aromatic N) is 1.